The van der Waals surface area contributed by atoms with Crippen LogP contribution in [0.1, 0.15) is 0 Å². The van der Waals surface area contributed by atoms with Crippen LogP contribution < -0.4 is 0 Å². The first kappa shape index (κ1) is 16.4. The number of nitrogens with zero attached hydrogens (tertiary/aromatic N) is 2. The van der Waals surface area contributed by atoms with E-state index in [0.717, 1.165) is 4.31 Å². The predicted molar refractivity (Wildman–Crippen MR) is 48.9 cm³/mol. The molecule has 0 atom stereocenters. The van der Waals surface area contributed by atoms with Crippen LogP contribution >= 0.6 is 7.81 Å². The Labute approximate surface area is 92.4 Å². The second-order valence-corrected chi connectivity index (χ2v) is 6.42. The Balaban J connectivity index is 0.000000325. The summed E-state index contributed by atoms with van der Waals surface area (Å²) in [4.78, 5) is 0. The first-order valence-electron chi connectivity index (χ1n) is 3.81. The number of hydrogen-bond acceptors (Lipinski definition) is 2. The van der Waals surface area contributed by atoms with Crippen molar-refractivity contribution in [2.75, 3.05) is 20.1 Å². The zero-order chi connectivity index (χ0) is 14.2. The van der Waals surface area contributed by atoms with Crippen molar-refractivity contribution in [3.05, 3.63) is 0 Å². The van der Waals surface area contributed by atoms with E-state index < -0.39 is 18.1 Å². The average molecular weight is 310 g/mol. The molecule has 0 aliphatic carbocycles. The van der Waals surface area contributed by atoms with E-state index in [4.69, 9.17) is 4.55 Å². The maximum atomic E-state index is 10.4. The monoisotopic (exact) mass is 310 g/mol. The van der Waals surface area contributed by atoms with E-state index in [0.29, 0.717) is 13.1 Å². The summed E-state index contributed by atoms with van der Waals surface area (Å²) in [6, 6.07) is 0. The number of rotatable bonds is 1. The number of halogens is 6. The van der Waals surface area contributed by atoms with Gasteiger partial charge in [0.05, 0.1) is 7.05 Å². The van der Waals surface area contributed by atoms with Crippen molar-refractivity contribution >= 4 is 24.5 Å². The van der Waals surface area contributed by atoms with Gasteiger partial charge in [0.25, 0.3) is 6.34 Å². The zero-order valence-electron chi connectivity index (χ0n) is 8.27. The van der Waals surface area contributed by atoms with Gasteiger partial charge in [0.1, 0.15) is 13.1 Å². The topological polar surface area (TPSA) is 60.6 Å². The van der Waals surface area contributed by atoms with Gasteiger partial charge in [0.2, 0.25) is 0 Å². The molecule has 1 rings (SSSR count). The predicted octanol–water partition coefficient (Wildman–Crippen LogP) is 2.16. The minimum atomic E-state index is -10.7. The Morgan fingerprint density at radius 2 is 1.59 bits per heavy atom. The third kappa shape index (κ3) is 13.3. The molecule has 0 bridgehead atoms. The molecule has 1 N–H and O–H groups in total. The molecular formula is C4H9F6N2O3PS. The van der Waals surface area contributed by atoms with Crippen LogP contribution in [0, 0.1) is 0 Å². The third-order valence-corrected chi connectivity index (χ3v) is 2.16. The van der Waals surface area contributed by atoms with Gasteiger partial charge in [-0.1, -0.05) is 0 Å². The summed E-state index contributed by atoms with van der Waals surface area (Å²) < 4.78 is 91.1. The second kappa shape index (κ2) is 3.69. The molecule has 0 saturated carbocycles. The molecule has 0 amide bonds. The Kier molecular flexibility index (Phi) is 3.56. The molecule has 1 heterocycles. The van der Waals surface area contributed by atoms with Gasteiger partial charge < -0.3 is 0 Å². The molecule has 13 heteroatoms. The van der Waals surface area contributed by atoms with Gasteiger partial charge in [0, 0.05) is 0 Å². The van der Waals surface area contributed by atoms with Crippen LogP contribution in [0.15, 0.2) is 0 Å². The van der Waals surface area contributed by atoms with Crippen molar-refractivity contribution in [3.8, 4) is 0 Å². The standard InChI is InChI=1S/C4H8N2O3S.F6P/c1-5-2-3-6(4-5)10(7,8)9;1-7(2,3,4,5)6/h4H,2-3H2,1H3;/q;-1/p+1. The van der Waals surface area contributed by atoms with Gasteiger partial charge in [-0.05, 0) is 0 Å². The van der Waals surface area contributed by atoms with Gasteiger partial charge in [-0.3, -0.25) is 9.13 Å². The summed E-state index contributed by atoms with van der Waals surface area (Å²) in [5.41, 5.74) is 0. The summed E-state index contributed by atoms with van der Waals surface area (Å²) in [6.45, 7) is 0.953. The fraction of sp³-hybridized carbons (Fsp3) is 0.750. The molecule has 0 spiro atoms. The van der Waals surface area contributed by atoms with E-state index >= 15 is 0 Å². The van der Waals surface area contributed by atoms with Crippen LogP contribution in [0.4, 0.5) is 25.2 Å². The molecule has 0 fully saturated rings. The Hall–Kier alpha value is -0.610. The molecule has 0 unspecified atom stereocenters. The molecule has 0 saturated heterocycles. The van der Waals surface area contributed by atoms with Gasteiger partial charge in [-0.2, -0.15) is 8.42 Å². The van der Waals surface area contributed by atoms with Crippen molar-refractivity contribution in [1.29, 1.82) is 0 Å². The Morgan fingerprint density at radius 1 is 1.24 bits per heavy atom. The van der Waals surface area contributed by atoms with Gasteiger partial charge in [0.15, 0.2) is 0 Å². The van der Waals surface area contributed by atoms with Crippen molar-refractivity contribution in [2.45, 2.75) is 0 Å². The SMILES string of the molecule is C[N+]1=CN(S(=O)(=O)O)CC1.F[P-](F)(F)(F)(F)F. The van der Waals surface area contributed by atoms with E-state index in [-0.39, 0.29) is 0 Å². The Morgan fingerprint density at radius 3 is 1.71 bits per heavy atom. The second-order valence-electron chi connectivity index (χ2n) is 3.14. The van der Waals surface area contributed by atoms with Crippen LogP contribution in [0.3, 0.4) is 0 Å². The van der Waals surface area contributed by atoms with Gasteiger partial charge >= 0.3 is 43.3 Å². The summed E-state index contributed by atoms with van der Waals surface area (Å²) in [5, 5.41) is 0. The fourth-order valence-electron chi connectivity index (χ4n) is 0.767. The summed E-state index contributed by atoms with van der Waals surface area (Å²) in [5.74, 6) is 0. The molecule has 106 valence electrons. The van der Waals surface area contributed by atoms with Crippen molar-refractivity contribution < 1.29 is 42.7 Å². The van der Waals surface area contributed by atoms with Crippen LogP contribution in [-0.2, 0) is 10.3 Å². The first-order chi connectivity index (χ1) is 6.95. The summed E-state index contributed by atoms with van der Waals surface area (Å²) >= 11 is 0. The third-order valence-electron chi connectivity index (χ3n) is 1.30. The molecule has 0 radical (unpaired) electrons. The van der Waals surface area contributed by atoms with E-state index in [1.807, 2.05) is 0 Å². The Bertz CT molecular complexity index is 415. The van der Waals surface area contributed by atoms with E-state index in [1.54, 1.807) is 11.6 Å². The van der Waals surface area contributed by atoms with E-state index in [2.05, 4.69) is 0 Å². The van der Waals surface area contributed by atoms with Crippen molar-refractivity contribution in [3.63, 3.8) is 0 Å². The van der Waals surface area contributed by atoms with Gasteiger partial charge in [-0.15, -0.1) is 4.31 Å². The van der Waals surface area contributed by atoms with E-state index in [1.165, 1.54) is 6.34 Å². The normalized spacial score (nSPS) is 20.9. The molecule has 5 nitrogen and oxygen atoms in total. The molecule has 0 aromatic rings. The molecule has 0 aromatic carbocycles. The number of hydrogen-bond donors (Lipinski definition) is 1. The molecular weight excluding hydrogens is 301 g/mol. The number of likely N-dealkylation sites (N-methyl/N-ethyl adjacent to an activating group) is 1. The van der Waals surface area contributed by atoms with Crippen LogP contribution in [0.5, 0.6) is 0 Å². The minimum absolute atomic E-state index is 0.329. The molecule has 17 heavy (non-hydrogen) atoms. The first-order valence-corrected chi connectivity index (χ1v) is 7.23. The fourth-order valence-corrected chi connectivity index (χ4v) is 1.36. The van der Waals surface area contributed by atoms with Crippen LogP contribution in [0.2, 0.25) is 0 Å². The summed E-state index contributed by atoms with van der Waals surface area (Å²) in [7, 11) is -12.9. The maximum absolute atomic E-state index is 10.7. The molecule has 0 aromatic heterocycles. The average Bonchev–Trinajstić information content (AvgIpc) is 2.25. The van der Waals surface area contributed by atoms with Gasteiger partial charge in [-0.25, -0.2) is 0 Å². The van der Waals surface area contributed by atoms with Crippen LogP contribution in [-0.4, -0.2) is 48.3 Å². The van der Waals surface area contributed by atoms with Crippen molar-refractivity contribution in [2.24, 2.45) is 0 Å². The molecule has 1 aliphatic rings. The quantitative estimate of drug-likeness (QED) is 0.349. The van der Waals surface area contributed by atoms with Crippen molar-refractivity contribution in [1.82, 2.24) is 4.31 Å². The van der Waals surface area contributed by atoms with Crippen LogP contribution in [0.25, 0.3) is 0 Å². The van der Waals surface area contributed by atoms with E-state index in [9.17, 15) is 33.6 Å². The zero-order valence-corrected chi connectivity index (χ0v) is 9.98. The molecule has 1 aliphatic heterocycles. The summed E-state index contributed by atoms with van der Waals surface area (Å²) in [6.07, 6.45) is 1.36.